The number of carbonyl (C=O) groups excluding carboxylic acids is 6. The predicted molar refractivity (Wildman–Crippen MR) is 184 cm³/mol. The lowest BCUT2D eigenvalue weighted by Crippen LogP contribution is -2.58. The first-order valence-corrected chi connectivity index (χ1v) is 16.1. The van der Waals surface area contributed by atoms with Gasteiger partial charge in [0.05, 0.1) is 19.0 Å². The number of benzene rings is 1. The van der Waals surface area contributed by atoms with Crippen molar-refractivity contribution in [2.24, 2.45) is 33.8 Å². The van der Waals surface area contributed by atoms with Gasteiger partial charge in [-0.05, 0) is 42.9 Å². The van der Waals surface area contributed by atoms with Crippen LogP contribution in [0.5, 0.6) is 5.75 Å². The zero-order chi connectivity index (χ0) is 39.5. The van der Waals surface area contributed by atoms with E-state index >= 15 is 0 Å². The molecular weight excluding hydrogens is 688 g/mol. The molecule has 0 heterocycles. The fraction of sp³-hybridized carbons (Fsp3) is 0.516. The Morgan fingerprint density at radius 1 is 0.769 bits per heavy atom. The number of rotatable bonds is 23. The van der Waals surface area contributed by atoms with Crippen molar-refractivity contribution in [1.82, 2.24) is 26.6 Å². The number of carboxylic acid groups (broad SMARTS) is 2. The Hall–Kier alpha value is -5.99. The number of nitrogens with two attached hydrogens (primary N) is 4. The van der Waals surface area contributed by atoms with Gasteiger partial charge in [-0.3, -0.25) is 38.6 Å². The van der Waals surface area contributed by atoms with E-state index in [4.69, 9.17) is 22.9 Å². The zero-order valence-electron chi connectivity index (χ0n) is 28.8. The fourth-order valence-corrected chi connectivity index (χ4v) is 4.52. The zero-order valence-corrected chi connectivity index (χ0v) is 28.8. The van der Waals surface area contributed by atoms with Crippen LogP contribution in [0.3, 0.4) is 0 Å². The van der Waals surface area contributed by atoms with Gasteiger partial charge in [0.15, 0.2) is 5.96 Å². The monoisotopic (exact) mass is 736 g/mol. The van der Waals surface area contributed by atoms with E-state index in [-0.39, 0.29) is 50.4 Å². The first kappa shape index (κ1) is 44.0. The highest BCUT2D eigenvalue weighted by Crippen LogP contribution is 2.12. The number of aliphatic imine (C=N–C) groups is 1. The molecule has 21 heteroatoms. The Bertz CT molecular complexity index is 1470. The number of hydrogen-bond acceptors (Lipinski definition) is 11. The minimum Gasteiger partial charge on any atom is -0.508 e. The predicted octanol–water partition coefficient (Wildman–Crippen LogP) is -4.15. The van der Waals surface area contributed by atoms with Gasteiger partial charge in [-0.2, -0.15) is 0 Å². The molecule has 0 saturated carbocycles. The van der Waals surface area contributed by atoms with E-state index in [1.807, 2.05) is 0 Å². The van der Waals surface area contributed by atoms with Crippen molar-refractivity contribution in [2.45, 2.75) is 82.6 Å². The molecule has 0 fully saturated rings. The molecule has 1 aromatic rings. The second-order valence-corrected chi connectivity index (χ2v) is 12.1. The highest BCUT2D eigenvalue weighted by Gasteiger charge is 2.33. The van der Waals surface area contributed by atoms with E-state index < -0.39 is 96.5 Å². The molecule has 288 valence electrons. The molecule has 16 N–H and O–H groups in total. The Balaban J connectivity index is 2.98. The number of nitrogens with one attached hydrogen (secondary N) is 5. The van der Waals surface area contributed by atoms with Crippen molar-refractivity contribution in [2.75, 3.05) is 13.1 Å². The number of aromatic hydroxyl groups is 1. The van der Waals surface area contributed by atoms with Gasteiger partial charge in [0, 0.05) is 19.4 Å². The highest BCUT2D eigenvalue weighted by atomic mass is 16.4. The van der Waals surface area contributed by atoms with Gasteiger partial charge in [-0.15, -0.1) is 0 Å². The van der Waals surface area contributed by atoms with Crippen LogP contribution in [0, 0.1) is 5.92 Å². The van der Waals surface area contributed by atoms with Crippen LogP contribution in [0.1, 0.15) is 51.5 Å². The molecule has 52 heavy (non-hydrogen) atoms. The number of aliphatic carboxylic acids is 2. The summed E-state index contributed by atoms with van der Waals surface area (Å²) in [4.78, 5) is 103. The van der Waals surface area contributed by atoms with Crippen LogP contribution in [0.4, 0.5) is 0 Å². The largest absolute Gasteiger partial charge is 0.508 e. The lowest BCUT2D eigenvalue weighted by molar-refractivity contribution is -0.143. The summed E-state index contributed by atoms with van der Waals surface area (Å²) in [5, 5.41) is 40.1. The van der Waals surface area contributed by atoms with Crippen LogP contribution in [-0.4, -0.2) is 112 Å². The van der Waals surface area contributed by atoms with E-state index in [1.54, 1.807) is 0 Å². The maximum Gasteiger partial charge on any atom is 0.326 e. The van der Waals surface area contributed by atoms with Gasteiger partial charge >= 0.3 is 11.9 Å². The van der Waals surface area contributed by atoms with E-state index in [2.05, 4.69) is 31.6 Å². The summed E-state index contributed by atoms with van der Waals surface area (Å²) in [6, 6.07) is -1.34. The van der Waals surface area contributed by atoms with E-state index in [0.29, 0.717) is 5.56 Å². The molecule has 0 bridgehead atoms. The molecule has 6 amide bonds. The lowest BCUT2D eigenvalue weighted by atomic mass is 10.0. The molecule has 0 radical (unpaired) electrons. The first-order chi connectivity index (χ1) is 24.3. The van der Waals surface area contributed by atoms with Gasteiger partial charge in [-0.1, -0.05) is 26.0 Å². The number of nitrogens with zero attached hydrogens (tertiary/aromatic N) is 1. The molecule has 0 aliphatic rings. The standard InChI is InChI=1S/C31H48N10O11/c1-15(2)25(29(50)40-21(30(51)52)12-16-5-7-17(42)8-6-16)41-28(49)20(13-24(45)46)38-23(44)14-37-27(48)19(4-3-11-36-31(34)35)39-26(47)18(32)9-10-22(33)43/h5-8,15,18-21,25,42H,3-4,9-14,32H2,1-2H3,(H2,33,43)(H,37,48)(H,38,44)(H,39,47)(H,40,50)(H,41,49)(H,45,46)(H,51,52)(H4,34,35,36)/t18-,19-,20-,21-,25-/m0/s1. The molecule has 0 aliphatic carbocycles. The van der Waals surface area contributed by atoms with Crippen molar-refractivity contribution >= 4 is 53.3 Å². The van der Waals surface area contributed by atoms with Crippen molar-refractivity contribution in [3.05, 3.63) is 29.8 Å². The maximum absolute atomic E-state index is 13.2. The molecule has 0 aliphatic heterocycles. The molecule has 21 nitrogen and oxygen atoms in total. The topological polar surface area (TPSA) is 374 Å². The second-order valence-electron chi connectivity index (χ2n) is 12.1. The fourth-order valence-electron chi connectivity index (χ4n) is 4.52. The number of carbonyl (C=O) groups is 8. The smallest absolute Gasteiger partial charge is 0.326 e. The van der Waals surface area contributed by atoms with Crippen molar-refractivity contribution in [1.29, 1.82) is 0 Å². The molecule has 5 atom stereocenters. The number of phenols is 1. The number of primary amides is 1. The molecular formula is C31H48N10O11. The Morgan fingerprint density at radius 3 is 1.92 bits per heavy atom. The van der Waals surface area contributed by atoms with Gasteiger partial charge in [-0.25, -0.2) is 4.79 Å². The average Bonchev–Trinajstić information content (AvgIpc) is 3.05. The lowest BCUT2D eigenvalue weighted by Gasteiger charge is -2.26. The van der Waals surface area contributed by atoms with Crippen molar-refractivity contribution < 1.29 is 53.7 Å². The summed E-state index contributed by atoms with van der Waals surface area (Å²) in [7, 11) is 0. The second kappa shape index (κ2) is 22.0. The Kier molecular flexibility index (Phi) is 18.6. The van der Waals surface area contributed by atoms with E-state index in [1.165, 1.54) is 38.1 Å². The summed E-state index contributed by atoms with van der Waals surface area (Å²) < 4.78 is 0. The van der Waals surface area contributed by atoms with Crippen LogP contribution in [-0.2, 0) is 44.8 Å². The SMILES string of the molecule is CC(C)[C@H](NC(=O)[C@H](CC(=O)O)NC(=O)CNC(=O)[C@H](CCCN=C(N)N)NC(=O)[C@@H](N)CCC(N)=O)C(=O)N[C@@H](Cc1ccc(O)cc1)C(=O)O. The third-order valence-electron chi connectivity index (χ3n) is 7.31. The van der Waals surface area contributed by atoms with Crippen molar-refractivity contribution in [3.8, 4) is 5.75 Å². The average molecular weight is 737 g/mol. The summed E-state index contributed by atoms with van der Waals surface area (Å²) in [6.45, 7) is 2.39. The van der Waals surface area contributed by atoms with Gasteiger partial charge in [0.25, 0.3) is 0 Å². The Labute approximate surface area is 298 Å². The number of amides is 6. The van der Waals surface area contributed by atoms with Crippen LogP contribution in [0.25, 0.3) is 0 Å². The minimum absolute atomic E-state index is 0.0150. The van der Waals surface area contributed by atoms with Gasteiger partial charge < -0.3 is 64.8 Å². The normalized spacial score (nSPS) is 13.6. The third-order valence-corrected chi connectivity index (χ3v) is 7.31. The molecule has 0 unspecified atom stereocenters. The van der Waals surface area contributed by atoms with Crippen LogP contribution >= 0.6 is 0 Å². The summed E-state index contributed by atoms with van der Waals surface area (Å²) >= 11 is 0. The number of hydrogen-bond donors (Lipinski definition) is 12. The van der Waals surface area contributed by atoms with Crippen LogP contribution in [0.15, 0.2) is 29.3 Å². The van der Waals surface area contributed by atoms with Crippen LogP contribution < -0.4 is 49.5 Å². The van der Waals surface area contributed by atoms with Gasteiger partial charge in [0.1, 0.15) is 29.9 Å². The van der Waals surface area contributed by atoms with Gasteiger partial charge in [0.2, 0.25) is 35.4 Å². The summed E-state index contributed by atoms with van der Waals surface area (Å²) in [5.74, 6) is -9.08. The number of carboxylic acids is 2. The van der Waals surface area contributed by atoms with E-state index in [9.17, 15) is 53.7 Å². The summed E-state index contributed by atoms with van der Waals surface area (Å²) in [5.41, 5.74) is 22.0. The molecule has 0 spiro atoms. The molecule has 1 rings (SSSR count). The number of guanidine groups is 1. The summed E-state index contributed by atoms with van der Waals surface area (Å²) in [6.07, 6.45) is -1.19. The Morgan fingerprint density at radius 2 is 1.38 bits per heavy atom. The molecule has 1 aromatic carbocycles. The van der Waals surface area contributed by atoms with Crippen LogP contribution in [0.2, 0.25) is 0 Å². The van der Waals surface area contributed by atoms with E-state index in [0.717, 1.165) is 0 Å². The first-order valence-electron chi connectivity index (χ1n) is 16.1. The quantitative estimate of drug-likeness (QED) is 0.0288. The molecule has 0 aromatic heterocycles. The maximum atomic E-state index is 13.2. The third kappa shape index (κ3) is 17.1. The number of phenolic OH excluding ortho intramolecular Hbond substituents is 1. The highest BCUT2D eigenvalue weighted by molar-refractivity contribution is 5.96. The molecule has 0 saturated heterocycles. The van der Waals surface area contributed by atoms with Crippen molar-refractivity contribution in [3.63, 3.8) is 0 Å². The minimum atomic E-state index is -1.73.